The molecule has 2 N–H and O–H groups in total. The average molecular weight is 224 g/mol. The molecule has 0 bridgehead atoms. The molecule has 0 aliphatic heterocycles. The maximum Gasteiger partial charge on any atom is 0.0765 e. The summed E-state index contributed by atoms with van der Waals surface area (Å²) >= 11 is 0. The monoisotopic (exact) mass is 224 g/mol. The Balaban J connectivity index is 2.94. The number of nitrogens with zero attached hydrogens (tertiary/aromatic N) is 2. The first-order valence-corrected chi connectivity index (χ1v) is 5.49. The van der Waals surface area contributed by atoms with Gasteiger partial charge in [0.15, 0.2) is 0 Å². The van der Waals surface area contributed by atoms with Gasteiger partial charge in [-0.25, -0.2) is 0 Å². The SMILES string of the molecule is CCN(CC(C)(C)O)c1cnccc1CO. The van der Waals surface area contributed by atoms with Gasteiger partial charge in [-0.1, -0.05) is 0 Å². The zero-order chi connectivity index (χ0) is 12.2. The standard InChI is InChI=1S/C12H20N2O2/c1-4-14(9-12(2,3)16)11-7-13-6-5-10(11)8-15/h5-7,15-16H,4,8-9H2,1-3H3. The van der Waals surface area contributed by atoms with E-state index in [1.807, 2.05) is 11.8 Å². The molecule has 4 nitrogen and oxygen atoms in total. The summed E-state index contributed by atoms with van der Waals surface area (Å²) in [6.07, 6.45) is 3.38. The number of likely N-dealkylation sites (N-methyl/N-ethyl adjacent to an activating group) is 1. The molecule has 0 aliphatic carbocycles. The molecule has 1 aromatic rings. The number of rotatable bonds is 5. The Morgan fingerprint density at radius 2 is 2.12 bits per heavy atom. The lowest BCUT2D eigenvalue weighted by atomic mass is 10.1. The summed E-state index contributed by atoms with van der Waals surface area (Å²) in [4.78, 5) is 6.07. The molecule has 0 fully saturated rings. The minimum atomic E-state index is -0.765. The van der Waals surface area contributed by atoms with Crippen LogP contribution in [0.15, 0.2) is 18.5 Å². The summed E-state index contributed by atoms with van der Waals surface area (Å²) in [5, 5.41) is 19.1. The molecule has 4 heteroatoms. The molecule has 0 atom stereocenters. The van der Waals surface area contributed by atoms with Crippen molar-refractivity contribution in [2.45, 2.75) is 33.0 Å². The molecule has 1 rings (SSSR count). The van der Waals surface area contributed by atoms with Gasteiger partial charge in [0.05, 0.1) is 24.1 Å². The van der Waals surface area contributed by atoms with E-state index in [0.29, 0.717) is 6.54 Å². The van der Waals surface area contributed by atoms with E-state index in [4.69, 9.17) is 0 Å². The number of pyridine rings is 1. The van der Waals surface area contributed by atoms with E-state index in [1.54, 1.807) is 32.3 Å². The van der Waals surface area contributed by atoms with Gasteiger partial charge < -0.3 is 15.1 Å². The maximum atomic E-state index is 9.82. The molecule has 0 unspecified atom stereocenters. The normalized spacial score (nSPS) is 11.6. The zero-order valence-electron chi connectivity index (χ0n) is 10.1. The van der Waals surface area contributed by atoms with Crippen LogP contribution in [0.3, 0.4) is 0 Å². The van der Waals surface area contributed by atoms with E-state index in [9.17, 15) is 10.2 Å². The minimum absolute atomic E-state index is 0.0137. The number of hydrogen-bond acceptors (Lipinski definition) is 4. The van der Waals surface area contributed by atoms with Crippen molar-refractivity contribution < 1.29 is 10.2 Å². The molecule has 0 aromatic carbocycles. The summed E-state index contributed by atoms with van der Waals surface area (Å²) in [7, 11) is 0. The molecule has 0 amide bonds. The maximum absolute atomic E-state index is 9.82. The van der Waals surface area contributed by atoms with Crippen LogP contribution in [-0.2, 0) is 6.61 Å². The van der Waals surface area contributed by atoms with Crippen molar-refractivity contribution in [1.29, 1.82) is 0 Å². The third-order valence-corrected chi connectivity index (χ3v) is 2.36. The third-order valence-electron chi connectivity index (χ3n) is 2.36. The Labute approximate surface area is 96.6 Å². The van der Waals surface area contributed by atoms with Crippen LogP contribution < -0.4 is 4.90 Å². The smallest absolute Gasteiger partial charge is 0.0765 e. The van der Waals surface area contributed by atoms with E-state index in [-0.39, 0.29) is 6.61 Å². The van der Waals surface area contributed by atoms with Gasteiger partial charge in [0.1, 0.15) is 0 Å². The van der Waals surface area contributed by atoms with Crippen molar-refractivity contribution >= 4 is 5.69 Å². The van der Waals surface area contributed by atoms with E-state index in [2.05, 4.69) is 4.98 Å². The highest BCUT2D eigenvalue weighted by atomic mass is 16.3. The average Bonchev–Trinajstić information content (AvgIpc) is 2.24. The van der Waals surface area contributed by atoms with Crippen molar-refractivity contribution in [2.24, 2.45) is 0 Å². The van der Waals surface area contributed by atoms with Crippen molar-refractivity contribution in [1.82, 2.24) is 4.98 Å². The molecule has 90 valence electrons. The van der Waals surface area contributed by atoms with Crippen molar-refractivity contribution in [3.63, 3.8) is 0 Å². The van der Waals surface area contributed by atoms with Crippen LogP contribution in [0.4, 0.5) is 5.69 Å². The van der Waals surface area contributed by atoms with Crippen LogP contribution >= 0.6 is 0 Å². The Hall–Kier alpha value is -1.13. The first-order chi connectivity index (χ1) is 7.48. The van der Waals surface area contributed by atoms with Crippen LogP contribution in [0.25, 0.3) is 0 Å². The lowest BCUT2D eigenvalue weighted by Gasteiger charge is -2.30. The fraction of sp³-hybridized carbons (Fsp3) is 0.583. The molecule has 0 aliphatic rings. The second kappa shape index (κ2) is 5.27. The van der Waals surface area contributed by atoms with Gasteiger partial charge in [0.25, 0.3) is 0 Å². The van der Waals surface area contributed by atoms with E-state index in [0.717, 1.165) is 17.8 Å². The number of anilines is 1. The highest BCUT2D eigenvalue weighted by Crippen LogP contribution is 2.20. The molecule has 0 radical (unpaired) electrons. The third kappa shape index (κ3) is 3.47. The Morgan fingerprint density at radius 3 is 2.62 bits per heavy atom. The number of aliphatic hydroxyl groups is 2. The highest BCUT2D eigenvalue weighted by Gasteiger charge is 2.19. The summed E-state index contributed by atoms with van der Waals surface area (Å²) in [5.41, 5.74) is 0.953. The lowest BCUT2D eigenvalue weighted by Crippen LogP contribution is -2.39. The molecule has 16 heavy (non-hydrogen) atoms. The van der Waals surface area contributed by atoms with E-state index >= 15 is 0 Å². The lowest BCUT2D eigenvalue weighted by molar-refractivity contribution is 0.0874. The highest BCUT2D eigenvalue weighted by molar-refractivity contribution is 5.51. The predicted octanol–water partition coefficient (Wildman–Crippen LogP) is 1.17. The largest absolute Gasteiger partial charge is 0.392 e. The fourth-order valence-corrected chi connectivity index (χ4v) is 1.67. The summed E-state index contributed by atoms with van der Waals surface area (Å²) in [6, 6.07) is 1.79. The topological polar surface area (TPSA) is 56.6 Å². The number of hydrogen-bond donors (Lipinski definition) is 2. The van der Waals surface area contributed by atoms with E-state index < -0.39 is 5.60 Å². The van der Waals surface area contributed by atoms with Gasteiger partial charge in [-0.3, -0.25) is 4.98 Å². The minimum Gasteiger partial charge on any atom is -0.392 e. The fourth-order valence-electron chi connectivity index (χ4n) is 1.67. The summed E-state index contributed by atoms with van der Waals surface area (Å²) < 4.78 is 0. The predicted molar refractivity (Wildman–Crippen MR) is 64.3 cm³/mol. The number of aliphatic hydroxyl groups excluding tert-OH is 1. The summed E-state index contributed by atoms with van der Waals surface area (Å²) in [6.45, 7) is 6.82. The van der Waals surface area contributed by atoms with Gasteiger partial charge in [0, 0.05) is 24.8 Å². The van der Waals surface area contributed by atoms with Crippen molar-refractivity contribution in [3.8, 4) is 0 Å². The van der Waals surface area contributed by atoms with Gasteiger partial charge in [-0.15, -0.1) is 0 Å². The van der Waals surface area contributed by atoms with Gasteiger partial charge >= 0.3 is 0 Å². The van der Waals surface area contributed by atoms with Crippen LogP contribution in [-0.4, -0.2) is 33.9 Å². The van der Waals surface area contributed by atoms with Gasteiger partial charge in [0.2, 0.25) is 0 Å². The van der Waals surface area contributed by atoms with Gasteiger partial charge in [-0.05, 0) is 26.8 Å². The van der Waals surface area contributed by atoms with Crippen LogP contribution in [0, 0.1) is 0 Å². The molecule has 0 spiro atoms. The molecule has 0 saturated heterocycles. The first kappa shape index (κ1) is 12.9. The quantitative estimate of drug-likeness (QED) is 0.788. The molecule has 1 heterocycles. The second-order valence-electron chi connectivity index (χ2n) is 4.49. The Morgan fingerprint density at radius 1 is 1.44 bits per heavy atom. The summed E-state index contributed by atoms with van der Waals surface area (Å²) in [5.74, 6) is 0. The van der Waals surface area contributed by atoms with Crippen LogP contribution in [0.1, 0.15) is 26.3 Å². The Bertz CT molecular complexity index is 334. The van der Waals surface area contributed by atoms with Crippen molar-refractivity contribution in [3.05, 3.63) is 24.0 Å². The van der Waals surface area contributed by atoms with Crippen LogP contribution in [0.5, 0.6) is 0 Å². The zero-order valence-corrected chi connectivity index (χ0v) is 10.1. The second-order valence-corrected chi connectivity index (χ2v) is 4.49. The Kier molecular flexibility index (Phi) is 4.26. The van der Waals surface area contributed by atoms with Crippen molar-refractivity contribution in [2.75, 3.05) is 18.0 Å². The number of aromatic nitrogens is 1. The molecule has 1 aromatic heterocycles. The first-order valence-electron chi connectivity index (χ1n) is 5.49. The molecular formula is C12H20N2O2. The molecule has 0 saturated carbocycles. The van der Waals surface area contributed by atoms with Crippen LogP contribution in [0.2, 0.25) is 0 Å². The molecular weight excluding hydrogens is 204 g/mol. The van der Waals surface area contributed by atoms with E-state index in [1.165, 1.54) is 0 Å². The van der Waals surface area contributed by atoms with Gasteiger partial charge in [-0.2, -0.15) is 0 Å².